The van der Waals surface area contributed by atoms with Gasteiger partial charge in [-0.15, -0.1) is 0 Å². The van der Waals surface area contributed by atoms with Crippen molar-refractivity contribution in [3.8, 4) is 11.5 Å². The van der Waals surface area contributed by atoms with Crippen LogP contribution >= 0.6 is 0 Å². The van der Waals surface area contributed by atoms with E-state index >= 15 is 0 Å². The van der Waals surface area contributed by atoms with E-state index in [1.165, 1.54) is 31.5 Å². The van der Waals surface area contributed by atoms with Crippen LogP contribution in [0.3, 0.4) is 0 Å². The Balaban J connectivity index is 1.39. The molecule has 0 amide bonds. The Bertz CT molecular complexity index is 863. The van der Waals surface area contributed by atoms with Gasteiger partial charge in [0.2, 0.25) is 0 Å². The number of aryl methyl sites for hydroxylation is 1. The molecular formula is C21H26N4O. The average molecular weight is 350 g/mol. The van der Waals surface area contributed by atoms with Gasteiger partial charge in [0.25, 0.3) is 0 Å². The van der Waals surface area contributed by atoms with Gasteiger partial charge in [0.05, 0.1) is 5.39 Å². The third-order valence-corrected chi connectivity index (χ3v) is 5.20. The van der Waals surface area contributed by atoms with Crippen LogP contribution in [0.15, 0.2) is 42.7 Å². The van der Waals surface area contributed by atoms with Crippen LogP contribution in [0.4, 0.5) is 0 Å². The smallest absolute Gasteiger partial charge is 0.141 e. The highest BCUT2D eigenvalue weighted by atomic mass is 16.5. The summed E-state index contributed by atoms with van der Waals surface area (Å²) in [6.07, 6.45) is 6.19. The molecule has 1 aromatic carbocycles. The molecule has 2 aromatic heterocycles. The number of benzene rings is 1. The van der Waals surface area contributed by atoms with Crippen LogP contribution in [0.1, 0.15) is 24.0 Å². The molecule has 5 nitrogen and oxygen atoms in total. The molecule has 0 bridgehead atoms. The number of pyridine rings is 1. The van der Waals surface area contributed by atoms with Gasteiger partial charge in [0.15, 0.2) is 0 Å². The van der Waals surface area contributed by atoms with Crippen LogP contribution in [0.5, 0.6) is 11.5 Å². The highest BCUT2D eigenvalue weighted by Gasteiger charge is 2.15. The molecule has 5 heteroatoms. The first-order valence-corrected chi connectivity index (χ1v) is 9.30. The molecule has 2 N–H and O–H groups in total. The number of piperidine rings is 1. The van der Waals surface area contributed by atoms with Crippen molar-refractivity contribution in [1.29, 1.82) is 0 Å². The predicted octanol–water partition coefficient (Wildman–Crippen LogP) is 3.85. The summed E-state index contributed by atoms with van der Waals surface area (Å²) in [5.74, 6) is 1.69. The number of aromatic nitrogens is 2. The Morgan fingerprint density at radius 2 is 1.96 bits per heavy atom. The Kier molecular flexibility index (Phi) is 4.91. The maximum absolute atomic E-state index is 6.11. The van der Waals surface area contributed by atoms with Gasteiger partial charge >= 0.3 is 0 Å². The third-order valence-electron chi connectivity index (χ3n) is 5.20. The largest absolute Gasteiger partial charge is 0.457 e. The van der Waals surface area contributed by atoms with Gasteiger partial charge in [-0.1, -0.05) is 12.1 Å². The van der Waals surface area contributed by atoms with Crippen LogP contribution < -0.4 is 10.1 Å². The van der Waals surface area contributed by atoms with Gasteiger partial charge in [0, 0.05) is 25.0 Å². The minimum atomic E-state index is 0.629. The van der Waals surface area contributed by atoms with Crippen LogP contribution in [0.2, 0.25) is 0 Å². The Hall–Kier alpha value is -2.37. The maximum Gasteiger partial charge on any atom is 0.141 e. The van der Waals surface area contributed by atoms with Crippen molar-refractivity contribution in [2.75, 3.05) is 20.1 Å². The molecule has 136 valence electrons. The quantitative estimate of drug-likeness (QED) is 0.734. The summed E-state index contributed by atoms with van der Waals surface area (Å²) >= 11 is 0. The van der Waals surface area contributed by atoms with Crippen molar-refractivity contribution in [2.24, 2.45) is 0 Å². The van der Waals surface area contributed by atoms with E-state index < -0.39 is 0 Å². The molecule has 0 spiro atoms. The lowest BCUT2D eigenvalue weighted by atomic mass is 10.1. The molecule has 3 heterocycles. The Labute approximate surface area is 154 Å². The molecule has 0 radical (unpaired) electrons. The number of H-pyrrole nitrogens is 1. The van der Waals surface area contributed by atoms with Crippen molar-refractivity contribution in [1.82, 2.24) is 20.2 Å². The molecule has 4 rings (SSSR count). The summed E-state index contributed by atoms with van der Waals surface area (Å²) < 4.78 is 6.11. The van der Waals surface area contributed by atoms with E-state index in [4.69, 9.17) is 4.74 Å². The van der Waals surface area contributed by atoms with Gasteiger partial charge in [-0.05, 0) is 69.2 Å². The van der Waals surface area contributed by atoms with Crippen molar-refractivity contribution in [2.45, 2.75) is 32.4 Å². The molecule has 1 aliphatic rings. The number of hydrogen-bond donors (Lipinski definition) is 2. The lowest BCUT2D eigenvalue weighted by Crippen LogP contribution is -2.40. The number of likely N-dealkylation sites (tertiary alicyclic amines) is 1. The summed E-state index contributed by atoms with van der Waals surface area (Å²) in [5, 5.41) is 4.72. The fraction of sp³-hybridized carbons (Fsp3) is 0.381. The van der Waals surface area contributed by atoms with Crippen molar-refractivity contribution < 1.29 is 4.74 Å². The van der Waals surface area contributed by atoms with Crippen LogP contribution in [-0.4, -0.2) is 41.0 Å². The highest BCUT2D eigenvalue weighted by Crippen LogP contribution is 2.30. The number of nitrogens with one attached hydrogen (secondary N) is 2. The zero-order valence-electron chi connectivity index (χ0n) is 15.5. The number of rotatable bonds is 5. The van der Waals surface area contributed by atoms with E-state index in [1.807, 2.05) is 24.4 Å². The predicted molar refractivity (Wildman–Crippen MR) is 105 cm³/mol. The SMILES string of the molecule is Cc1c[nH]c2nccc(Oc3ccc(CNC4CCN(C)CC4)cc3)c12. The van der Waals surface area contributed by atoms with Crippen LogP contribution in [0, 0.1) is 6.92 Å². The van der Waals surface area contributed by atoms with E-state index in [2.05, 4.69) is 46.3 Å². The van der Waals surface area contributed by atoms with Crippen molar-refractivity contribution >= 4 is 11.0 Å². The standard InChI is InChI=1S/C21H26N4O/c1-15-13-24-21-20(15)19(7-10-22-21)26-18-5-3-16(4-6-18)14-23-17-8-11-25(2)12-9-17/h3-7,10,13,17,23H,8-9,11-12,14H2,1-2H3,(H,22,24). The summed E-state index contributed by atoms with van der Waals surface area (Å²) in [6, 6.07) is 10.9. The molecule has 3 aromatic rings. The van der Waals surface area contributed by atoms with Crippen LogP contribution in [0.25, 0.3) is 11.0 Å². The fourth-order valence-electron chi connectivity index (χ4n) is 3.55. The van der Waals surface area contributed by atoms with E-state index in [-0.39, 0.29) is 0 Å². The van der Waals surface area contributed by atoms with E-state index in [0.29, 0.717) is 6.04 Å². The number of fused-ring (bicyclic) bond motifs is 1. The van der Waals surface area contributed by atoms with Crippen molar-refractivity contribution in [3.63, 3.8) is 0 Å². The maximum atomic E-state index is 6.11. The number of ether oxygens (including phenoxy) is 1. The lowest BCUT2D eigenvalue weighted by molar-refractivity contribution is 0.234. The highest BCUT2D eigenvalue weighted by molar-refractivity contribution is 5.86. The van der Waals surface area contributed by atoms with Gasteiger partial charge in [-0.3, -0.25) is 0 Å². The minimum absolute atomic E-state index is 0.629. The molecule has 1 saturated heterocycles. The summed E-state index contributed by atoms with van der Waals surface area (Å²) in [4.78, 5) is 9.91. The minimum Gasteiger partial charge on any atom is -0.457 e. The van der Waals surface area contributed by atoms with E-state index in [0.717, 1.165) is 34.6 Å². The number of aromatic amines is 1. The van der Waals surface area contributed by atoms with Crippen LogP contribution in [-0.2, 0) is 6.54 Å². The zero-order chi connectivity index (χ0) is 17.9. The second-order valence-electron chi connectivity index (χ2n) is 7.21. The summed E-state index contributed by atoms with van der Waals surface area (Å²) in [5.41, 5.74) is 3.29. The molecule has 0 aliphatic carbocycles. The lowest BCUT2D eigenvalue weighted by Gasteiger charge is -2.29. The summed E-state index contributed by atoms with van der Waals surface area (Å²) in [6.45, 7) is 5.34. The topological polar surface area (TPSA) is 53.2 Å². The zero-order valence-corrected chi connectivity index (χ0v) is 15.5. The van der Waals surface area contributed by atoms with Gasteiger partial charge < -0.3 is 19.9 Å². The van der Waals surface area contributed by atoms with Gasteiger partial charge in [-0.2, -0.15) is 0 Å². The number of nitrogens with zero attached hydrogens (tertiary/aromatic N) is 2. The molecule has 1 aliphatic heterocycles. The Morgan fingerprint density at radius 3 is 2.73 bits per heavy atom. The third kappa shape index (κ3) is 3.74. The Morgan fingerprint density at radius 1 is 1.19 bits per heavy atom. The monoisotopic (exact) mass is 350 g/mol. The van der Waals surface area contributed by atoms with E-state index in [9.17, 15) is 0 Å². The number of hydrogen-bond acceptors (Lipinski definition) is 4. The molecular weight excluding hydrogens is 324 g/mol. The first-order valence-electron chi connectivity index (χ1n) is 9.30. The molecule has 0 unspecified atom stereocenters. The first-order chi connectivity index (χ1) is 12.7. The van der Waals surface area contributed by atoms with E-state index in [1.54, 1.807) is 6.20 Å². The second-order valence-corrected chi connectivity index (χ2v) is 7.21. The second kappa shape index (κ2) is 7.48. The average Bonchev–Trinajstić information content (AvgIpc) is 3.05. The summed E-state index contributed by atoms with van der Waals surface area (Å²) in [7, 11) is 2.19. The van der Waals surface area contributed by atoms with Gasteiger partial charge in [-0.25, -0.2) is 4.98 Å². The fourth-order valence-corrected chi connectivity index (χ4v) is 3.55. The first kappa shape index (κ1) is 17.1. The van der Waals surface area contributed by atoms with Gasteiger partial charge in [0.1, 0.15) is 17.1 Å². The normalized spacial score (nSPS) is 16.2. The molecule has 0 saturated carbocycles. The molecule has 26 heavy (non-hydrogen) atoms. The molecule has 0 atom stereocenters. The molecule has 1 fully saturated rings. The van der Waals surface area contributed by atoms with Crippen molar-refractivity contribution in [3.05, 3.63) is 53.9 Å².